The Kier molecular flexibility index (Phi) is 7.15. The molecule has 0 aliphatic rings. The van der Waals surface area contributed by atoms with Crippen molar-refractivity contribution in [3.05, 3.63) is 29.8 Å². The molecule has 0 fully saturated rings. The van der Waals surface area contributed by atoms with Crippen LogP contribution in [0, 0.1) is 6.92 Å². The fourth-order valence-electron chi connectivity index (χ4n) is 1.59. The number of carbonyl (C=O) groups is 2. The number of amides is 2. The van der Waals surface area contributed by atoms with E-state index in [1.54, 1.807) is 7.05 Å². The summed E-state index contributed by atoms with van der Waals surface area (Å²) in [6.45, 7) is 4.79. The fourth-order valence-corrected chi connectivity index (χ4v) is 2.56. The Morgan fingerprint density at radius 2 is 2.00 bits per heavy atom. The van der Waals surface area contributed by atoms with Gasteiger partial charge in [-0.25, -0.2) is 0 Å². The van der Waals surface area contributed by atoms with Gasteiger partial charge in [-0.05, 0) is 25.0 Å². The quantitative estimate of drug-likeness (QED) is 0.783. The van der Waals surface area contributed by atoms with Gasteiger partial charge in [0.25, 0.3) is 0 Å². The molecule has 1 aromatic rings. The SMILES string of the molecule is CCCNC(=O)CN(C)C(=O)CSc1ccccc1C. The topological polar surface area (TPSA) is 49.4 Å². The van der Waals surface area contributed by atoms with E-state index in [2.05, 4.69) is 5.32 Å². The Morgan fingerprint density at radius 1 is 1.30 bits per heavy atom. The van der Waals surface area contributed by atoms with Crippen LogP contribution in [0.4, 0.5) is 0 Å². The molecule has 1 aromatic carbocycles. The van der Waals surface area contributed by atoms with E-state index in [-0.39, 0.29) is 18.4 Å². The summed E-state index contributed by atoms with van der Waals surface area (Å²) in [6, 6.07) is 7.96. The van der Waals surface area contributed by atoms with Crippen LogP contribution in [-0.4, -0.2) is 42.6 Å². The van der Waals surface area contributed by atoms with Gasteiger partial charge in [0.2, 0.25) is 11.8 Å². The lowest BCUT2D eigenvalue weighted by Crippen LogP contribution is -2.39. The van der Waals surface area contributed by atoms with E-state index in [9.17, 15) is 9.59 Å². The van der Waals surface area contributed by atoms with E-state index in [0.29, 0.717) is 12.3 Å². The van der Waals surface area contributed by atoms with Crippen molar-refractivity contribution >= 4 is 23.6 Å². The number of aryl methyl sites for hydroxylation is 1. The lowest BCUT2D eigenvalue weighted by molar-refractivity contribution is -0.132. The van der Waals surface area contributed by atoms with Gasteiger partial charge in [-0.1, -0.05) is 25.1 Å². The van der Waals surface area contributed by atoms with Crippen molar-refractivity contribution in [1.82, 2.24) is 10.2 Å². The van der Waals surface area contributed by atoms with Gasteiger partial charge in [0, 0.05) is 18.5 Å². The molecule has 110 valence electrons. The minimum atomic E-state index is -0.108. The minimum Gasteiger partial charge on any atom is -0.355 e. The fraction of sp³-hybridized carbons (Fsp3) is 0.467. The summed E-state index contributed by atoms with van der Waals surface area (Å²) in [5, 5.41) is 2.76. The first-order chi connectivity index (χ1) is 9.54. The highest BCUT2D eigenvalue weighted by Crippen LogP contribution is 2.21. The smallest absolute Gasteiger partial charge is 0.239 e. The zero-order valence-electron chi connectivity index (χ0n) is 12.3. The molecular weight excluding hydrogens is 272 g/mol. The van der Waals surface area contributed by atoms with Gasteiger partial charge in [-0.2, -0.15) is 0 Å². The van der Waals surface area contributed by atoms with Gasteiger partial charge < -0.3 is 10.2 Å². The summed E-state index contributed by atoms with van der Waals surface area (Å²) in [5.41, 5.74) is 1.16. The molecule has 20 heavy (non-hydrogen) atoms. The zero-order valence-corrected chi connectivity index (χ0v) is 13.1. The first kappa shape index (κ1) is 16.6. The first-order valence-corrected chi connectivity index (χ1v) is 7.72. The number of carbonyl (C=O) groups excluding carboxylic acids is 2. The Bertz CT molecular complexity index is 463. The molecule has 5 heteroatoms. The molecule has 0 spiro atoms. The van der Waals surface area contributed by atoms with Crippen molar-refractivity contribution in [2.24, 2.45) is 0 Å². The van der Waals surface area contributed by atoms with E-state index in [4.69, 9.17) is 0 Å². The average Bonchev–Trinajstić information content (AvgIpc) is 2.43. The predicted molar refractivity (Wildman–Crippen MR) is 82.8 cm³/mol. The van der Waals surface area contributed by atoms with Crippen LogP contribution in [0.2, 0.25) is 0 Å². The maximum atomic E-state index is 12.0. The van der Waals surface area contributed by atoms with Crippen LogP contribution in [0.3, 0.4) is 0 Å². The Morgan fingerprint density at radius 3 is 2.65 bits per heavy atom. The van der Waals surface area contributed by atoms with Crippen LogP contribution >= 0.6 is 11.8 Å². The maximum Gasteiger partial charge on any atom is 0.239 e. The van der Waals surface area contributed by atoms with Gasteiger partial charge in [0.1, 0.15) is 0 Å². The van der Waals surface area contributed by atoms with Crippen molar-refractivity contribution in [1.29, 1.82) is 0 Å². The molecule has 0 aliphatic carbocycles. The molecule has 2 amide bonds. The number of rotatable bonds is 7. The lowest BCUT2D eigenvalue weighted by atomic mass is 10.2. The van der Waals surface area contributed by atoms with Gasteiger partial charge in [-0.15, -0.1) is 11.8 Å². The second-order valence-corrected chi connectivity index (χ2v) is 5.67. The number of thioether (sulfide) groups is 1. The highest BCUT2D eigenvalue weighted by Gasteiger charge is 2.13. The maximum absolute atomic E-state index is 12.0. The molecule has 0 atom stereocenters. The van der Waals surface area contributed by atoms with E-state index in [0.717, 1.165) is 16.9 Å². The van der Waals surface area contributed by atoms with Crippen LogP contribution in [0.5, 0.6) is 0 Å². The van der Waals surface area contributed by atoms with Gasteiger partial charge in [0.15, 0.2) is 0 Å². The van der Waals surface area contributed by atoms with Crippen LogP contribution in [0.15, 0.2) is 29.2 Å². The Labute approximate surface area is 124 Å². The first-order valence-electron chi connectivity index (χ1n) is 6.73. The molecule has 0 heterocycles. The molecule has 1 N–H and O–H groups in total. The Hall–Kier alpha value is -1.49. The number of nitrogens with one attached hydrogen (secondary N) is 1. The van der Waals surface area contributed by atoms with Crippen LogP contribution in [-0.2, 0) is 9.59 Å². The summed E-state index contributed by atoms with van der Waals surface area (Å²) in [6.07, 6.45) is 0.895. The lowest BCUT2D eigenvalue weighted by Gasteiger charge is -2.16. The summed E-state index contributed by atoms with van der Waals surface area (Å²) < 4.78 is 0. The van der Waals surface area contributed by atoms with Crippen molar-refractivity contribution < 1.29 is 9.59 Å². The largest absolute Gasteiger partial charge is 0.355 e. The number of likely N-dealkylation sites (N-methyl/N-ethyl adjacent to an activating group) is 1. The predicted octanol–water partition coefficient (Wildman–Crippen LogP) is 2.07. The van der Waals surface area contributed by atoms with E-state index in [1.165, 1.54) is 16.7 Å². The molecule has 0 radical (unpaired) electrons. The normalized spacial score (nSPS) is 10.2. The molecule has 1 rings (SSSR count). The van der Waals surface area contributed by atoms with Crippen molar-refractivity contribution in [2.75, 3.05) is 25.9 Å². The van der Waals surface area contributed by atoms with E-state index in [1.807, 2.05) is 38.1 Å². The third kappa shape index (κ3) is 5.65. The van der Waals surface area contributed by atoms with Crippen molar-refractivity contribution in [2.45, 2.75) is 25.2 Å². The van der Waals surface area contributed by atoms with Crippen molar-refractivity contribution in [3.63, 3.8) is 0 Å². The number of benzene rings is 1. The van der Waals surface area contributed by atoms with Crippen LogP contribution in [0.1, 0.15) is 18.9 Å². The summed E-state index contributed by atoms with van der Waals surface area (Å²) >= 11 is 1.51. The van der Waals surface area contributed by atoms with Gasteiger partial charge in [-0.3, -0.25) is 9.59 Å². The van der Waals surface area contributed by atoms with E-state index >= 15 is 0 Å². The van der Waals surface area contributed by atoms with Crippen LogP contribution < -0.4 is 5.32 Å². The molecule has 0 saturated carbocycles. The van der Waals surface area contributed by atoms with Crippen molar-refractivity contribution in [3.8, 4) is 0 Å². The molecular formula is C15H22N2O2S. The molecule has 0 unspecified atom stereocenters. The Balaban J connectivity index is 2.39. The second-order valence-electron chi connectivity index (χ2n) is 4.65. The number of hydrogen-bond donors (Lipinski definition) is 1. The highest BCUT2D eigenvalue weighted by atomic mass is 32.2. The zero-order chi connectivity index (χ0) is 15.0. The molecule has 0 aliphatic heterocycles. The van der Waals surface area contributed by atoms with Gasteiger partial charge in [0.05, 0.1) is 12.3 Å². The molecule has 0 aromatic heterocycles. The molecule has 0 saturated heterocycles. The van der Waals surface area contributed by atoms with E-state index < -0.39 is 0 Å². The number of hydrogen-bond acceptors (Lipinski definition) is 3. The highest BCUT2D eigenvalue weighted by molar-refractivity contribution is 8.00. The molecule has 0 bridgehead atoms. The van der Waals surface area contributed by atoms with Gasteiger partial charge >= 0.3 is 0 Å². The summed E-state index contributed by atoms with van der Waals surface area (Å²) in [7, 11) is 1.66. The summed E-state index contributed by atoms with van der Waals surface area (Å²) in [4.78, 5) is 26.1. The third-order valence-corrected chi connectivity index (χ3v) is 3.98. The minimum absolute atomic E-state index is 0.0371. The number of nitrogens with zero attached hydrogens (tertiary/aromatic N) is 1. The second kappa shape index (κ2) is 8.64. The van der Waals surface area contributed by atoms with Crippen LogP contribution in [0.25, 0.3) is 0 Å². The average molecular weight is 294 g/mol. The monoisotopic (exact) mass is 294 g/mol. The third-order valence-electron chi connectivity index (χ3n) is 2.82. The molecule has 4 nitrogen and oxygen atoms in total. The standard InChI is InChI=1S/C15H22N2O2S/c1-4-9-16-14(18)10-17(3)15(19)11-20-13-8-6-5-7-12(13)2/h5-8H,4,9-11H2,1-3H3,(H,16,18). The summed E-state index contributed by atoms with van der Waals surface area (Å²) in [5.74, 6) is 0.205.